The van der Waals surface area contributed by atoms with E-state index in [0.29, 0.717) is 13.2 Å². The van der Waals surface area contributed by atoms with E-state index in [0.717, 1.165) is 18.4 Å². The van der Waals surface area contributed by atoms with Gasteiger partial charge in [0.25, 0.3) is 5.91 Å². The number of halogens is 1. The van der Waals surface area contributed by atoms with Crippen molar-refractivity contribution < 1.29 is 18.7 Å². The van der Waals surface area contributed by atoms with Crippen molar-refractivity contribution in [3.8, 4) is 5.75 Å². The maximum absolute atomic E-state index is 13.6. The van der Waals surface area contributed by atoms with E-state index in [1.807, 2.05) is 12.1 Å². The molecule has 1 aliphatic heterocycles. The van der Waals surface area contributed by atoms with Crippen molar-refractivity contribution in [3.63, 3.8) is 0 Å². The van der Waals surface area contributed by atoms with Gasteiger partial charge in [0.2, 0.25) is 0 Å². The molecule has 0 saturated carbocycles. The van der Waals surface area contributed by atoms with Gasteiger partial charge in [0, 0.05) is 25.6 Å². The van der Waals surface area contributed by atoms with E-state index in [9.17, 15) is 9.18 Å². The smallest absolute Gasteiger partial charge is 0.258 e. The van der Waals surface area contributed by atoms with E-state index in [4.69, 9.17) is 9.47 Å². The first kappa shape index (κ1) is 17.4. The minimum absolute atomic E-state index is 0.0710. The van der Waals surface area contributed by atoms with Crippen LogP contribution >= 0.6 is 0 Å². The summed E-state index contributed by atoms with van der Waals surface area (Å²) >= 11 is 0. The summed E-state index contributed by atoms with van der Waals surface area (Å²) in [5.74, 6) is -0.427. The number of ether oxygens (including phenoxy) is 2. The highest BCUT2D eigenvalue weighted by Crippen LogP contribution is 2.29. The summed E-state index contributed by atoms with van der Waals surface area (Å²) in [7, 11) is 0. The van der Waals surface area contributed by atoms with Crippen LogP contribution in [0.2, 0.25) is 0 Å². The minimum atomic E-state index is -0.483. The van der Waals surface area contributed by atoms with Crippen LogP contribution in [0.3, 0.4) is 0 Å². The average Bonchev–Trinajstić information content (AvgIpc) is 2.67. The molecule has 0 aliphatic carbocycles. The normalized spacial score (nSPS) is 16.2. The molecule has 0 spiro atoms. The van der Waals surface area contributed by atoms with Gasteiger partial charge in [-0.05, 0) is 42.5 Å². The van der Waals surface area contributed by atoms with Gasteiger partial charge in [-0.3, -0.25) is 9.78 Å². The molecule has 1 fully saturated rings. The van der Waals surface area contributed by atoms with Crippen molar-refractivity contribution in [1.29, 1.82) is 0 Å². The van der Waals surface area contributed by atoms with Gasteiger partial charge in [0.05, 0.1) is 6.04 Å². The van der Waals surface area contributed by atoms with Crippen molar-refractivity contribution in [2.24, 2.45) is 5.92 Å². The Bertz CT molecular complexity index is 690. The molecule has 25 heavy (non-hydrogen) atoms. The van der Waals surface area contributed by atoms with Crippen LogP contribution in [0.25, 0.3) is 0 Å². The molecule has 1 aromatic heterocycles. The summed E-state index contributed by atoms with van der Waals surface area (Å²) in [4.78, 5) is 16.5. The van der Waals surface area contributed by atoms with Crippen molar-refractivity contribution in [3.05, 3.63) is 60.2 Å². The van der Waals surface area contributed by atoms with Crippen LogP contribution in [-0.2, 0) is 9.53 Å². The van der Waals surface area contributed by atoms with E-state index in [-0.39, 0.29) is 30.2 Å². The highest BCUT2D eigenvalue weighted by atomic mass is 19.1. The molecular formula is C19H21FN2O3. The summed E-state index contributed by atoms with van der Waals surface area (Å²) in [6, 6.07) is 9.68. The lowest BCUT2D eigenvalue weighted by atomic mass is 9.87. The quantitative estimate of drug-likeness (QED) is 0.875. The van der Waals surface area contributed by atoms with Gasteiger partial charge in [-0.2, -0.15) is 0 Å². The predicted molar refractivity (Wildman–Crippen MR) is 90.6 cm³/mol. The molecule has 1 saturated heterocycles. The lowest BCUT2D eigenvalue weighted by molar-refractivity contribution is -0.124. The number of para-hydroxylation sites is 1. The van der Waals surface area contributed by atoms with Crippen LogP contribution in [-0.4, -0.2) is 30.7 Å². The molecule has 1 aromatic carbocycles. The van der Waals surface area contributed by atoms with E-state index in [1.165, 1.54) is 12.1 Å². The monoisotopic (exact) mass is 344 g/mol. The highest BCUT2D eigenvalue weighted by molar-refractivity contribution is 5.78. The first-order valence-electron chi connectivity index (χ1n) is 8.38. The molecular weight excluding hydrogens is 323 g/mol. The molecule has 1 amide bonds. The molecule has 1 N–H and O–H groups in total. The summed E-state index contributed by atoms with van der Waals surface area (Å²) in [5.41, 5.74) is 0.952. The molecule has 2 heterocycles. The summed E-state index contributed by atoms with van der Waals surface area (Å²) in [6.07, 6.45) is 5.20. The van der Waals surface area contributed by atoms with Crippen molar-refractivity contribution >= 4 is 5.91 Å². The van der Waals surface area contributed by atoms with Crippen LogP contribution in [0.5, 0.6) is 5.75 Å². The van der Waals surface area contributed by atoms with Crippen LogP contribution in [0.1, 0.15) is 24.4 Å². The maximum atomic E-state index is 13.6. The molecule has 1 unspecified atom stereocenters. The van der Waals surface area contributed by atoms with E-state index in [2.05, 4.69) is 10.3 Å². The van der Waals surface area contributed by atoms with Crippen LogP contribution in [0, 0.1) is 11.7 Å². The minimum Gasteiger partial charge on any atom is -0.481 e. The number of carbonyl (C=O) groups excluding carboxylic acids is 1. The average molecular weight is 344 g/mol. The zero-order chi connectivity index (χ0) is 17.5. The number of pyridine rings is 1. The first-order valence-corrected chi connectivity index (χ1v) is 8.38. The Balaban J connectivity index is 1.65. The Morgan fingerprint density at radius 2 is 2.08 bits per heavy atom. The SMILES string of the molecule is O=C(COc1ccccc1F)NC(c1cccnc1)C1CCOCC1. The number of carbonyl (C=O) groups is 1. The molecule has 0 bridgehead atoms. The Labute approximate surface area is 146 Å². The van der Waals surface area contributed by atoms with Gasteiger partial charge in [0.15, 0.2) is 18.2 Å². The van der Waals surface area contributed by atoms with E-state index in [1.54, 1.807) is 24.5 Å². The number of hydrogen-bond acceptors (Lipinski definition) is 4. The largest absolute Gasteiger partial charge is 0.481 e. The molecule has 132 valence electrons. The zero-order valence-corrected chi connectivity index (χ0v) is 13.9. The number of rotatable bonds is 6. The third-order valence-electron chi connectivity index (χ3n) is 4.29. The van der Waals surface area contributed by atoms with Gasteiger partial charge < -0.3 is 14.8 Å². The summed E-state index contributed by atoms with van der Waals surface area (Å²) in [6.45, 7) is 1.13. The van der Waals surface area contributed by atoms with Crippen LogP contribution in [0.15, 0.2) is 48.8 Å². The van der Waals surface area contributed by atoms with Gasteiger partial charge in [0.1, 0.15) is 0 Å². The van der Waals surface area contributed by atoms with Gasteiger partial charge >= 0.3 is 0 Å². The highest BCUT2D eigenvalue weighted by Gasteiger charge is 2.27. The predicted octanol–water partition coefficient (Wildman–Crippen LogP) is 2.88. The third-order valence-corrected chi connectivity index (χ3v) is 4.29. The number of aromatic nitrogens is 1. The lowest BCUT2D eigenvalue weighted by Crippen LogP contribution is -2.38. The second-order valence-electron chi connectivity index (χ2n) is 6.00. The van der Waals surface area contributed by atoms with E-state index >= 15 is 0 Å². The van der Waals surface area contributed by atoms with E-state index < -0.39 is 5.82 Å². The number of hydrogen-bond donors (Lipinski definition) is 1. The van der Waals surface area contributed by atoms with Crippen LogP contribution < -0.4 is 10.1 Å². The number of amides is 1. The number of nitrogens with one attached hydrogen (secondary N) is 1. The molecule has 5 nitrogen and oxygen atoms in total. The summed E-state index contributed by atoms with van der Waals surface area (Å²) < 4.78 is 24.3. The van der Waals surface area contributed by atoms with Gasteiger partial charge in [-0.25, -0.2) is 4.39 Å². The fraction of sp³-hybridized carbons (Fsp3) is 0.368. The van der Waals surface area contributed by atoms with Gasteiger partial charge in [-0.1, -0.05) is 18.2 Å². The fourth-order valence-corrected chi connectivity index (χ4v) is 3.00. The van der Waals surface area contributed by atoms with Crippen LogP contribution in [0.4, 0.5) is 4.39 Å². The molecule has 6 heteroatoms. The number of benzene rings is 1. The summed E-state index contributed by atoms with van der Waals surface area (Å²) in [5, 5.41) is 3.01. The Kier molecular flexibility index (Phi) is 5.95. The zero-order valence-electron chi connectivity index (χ0n) is 13.9. The molecule has 2 aromatic rings. The Morgan fingerprint density at radius 1 is 1.28 bits per heavy atom. The van der Waals surface area contributed by atoms with Crippen molar-refractivity contribution in [2.75, 3.05) is 19.8 Å². The fourth-order valence-electron chi connectivity index (χ4n) is 3.00. The Morgan fingerprint density at radius 3 is 2.80 bits per heavy atom. The van der Waals surface area contributed by atoms with Crippen molar-refractivity contribution in [1.82, 2.24) is 10.3 Å². The number of nitrogens with zero attached hydrogens (tertiary/aromatic N) is 1. The first-order chi connectivity index (χ1) is 12.2. The molecule has 0 radical (unpaired) electrons. The Hall–Kier alpha value is -2.47. The molecule has 1 aliphatic rings. The van der Waals surface area contributed by atoms with Crippen molar-refractivity contribution in [2.45, 2.75) is 18.9 Å². The standard InChI is InChI=1S/C19H21FN2O3/c20-16-5-1-2-6-17(16)25-13-18(23)22-19(14-7-10-24-11-8-14)15-4-3-9-21-12-15/h1-6,9,12,14,19H,7-8,10-11,13H2,(H,22,23). The molecule has 1 atom stereocenters. The second kappa shape index (κ2) is 8.58. The lowest BCUT2D eigenvalue weighted by Gasteiger charge is -2.31. The molecule has 3 rings (SSSR count). The topological polar surface area (TPSA) is 60.5 Å². The van der Waals surface area contributed by atoms with Gasteiger partial charge in [-0.15, -0.1) is 0 Å². The second-order valence-corrected chi connectivity index (χ2v) is 6.00. The third kappa shape index (κ3) is 4.76. The maximum Gasteiger partial charge on any atom is 0.258 e.